The van der Waals surface area contributed by atoms with E-state index in [1.807, 2.05) is 13.8 Å². The van der Waals surface area contributed by atoms with Crippen molar-refractivity contribution < 1.29 is 14.6 Å². The number of aliphatic hydroxyl groups excluding tert-OH is 1. The third kappa shape index (κ3) is 4.97. The van der Waals surface area contributed by atoms with Gasteiger partial charge in [-0.25, -0.2) is 4.98 Å². The van der Waals surface area contributed by atoms with E-state index in [0.29, 0.717) is 12.4 Å². The summed E-state index contributed by atoms with van der Waals surface area (Å²) in [4.78, 5) is 20.3. The molecule has 0 saturated heterocycles. The second-order valence-electron chi connectivity index (χ2n) is 3.93. The molecule has 6 nitrogen and oxygen atoms in total. The Hall–Kier alpha value is -1.40. The molecule has 6 heteroatoms. The van der Waals surface area contributed by atoms with E-state index in [-0.39, 0.29) is 31.8 Å². The highest BCUT2D eigenvalue weighted by Crippen LogP contribution is 2.00. The van der Waals surface area contributed by atoms with Crippen LogP contribution >= 0.6 is 0 Å². The van der Waals surface area contributed by atoms with Gasteiger partial charge >= 0.3 is 0 Å². The fourth-order valence-electron chi connectivity index (χ4n) is 1.31. The van der Waals surface area contributed by atoms with Gasteiger partial charge in [0.05, 0.1) is 19.3 Å². The number of hydrogen-bond donors (Lipinski definition) is 2. The lowest BCUT2D eigenvalue weighted by atomic mass is 10.4. The molecule has 0 aliphatic carbocycles. The van der Waals surface area contributed by atoms with Crippen molar-refractivity contribution in [1.82, 2.24) is 14.9 Å². The Morgan fingerprint density at radius 3 is 2.94 bits per heavy atom. The first-order valence-corrected chi connectivity index (χ1v) is 5.62. The average Bonchev–Trinajstić information content (AvgIpc) is 2.78. The topological polar surface area (TPSA) is 78.4 Å². The lowest BCUT2D eigenvalue weighted by Gasteiger charge is -2.21. The van der Waals surface area contributed by atoms with Crippen molar-refractivity contribution >= 4 is 5.91 Å². The molecule has 0 atom stereocenters. The van der Waals surface area contributed by atoms with Crippen molar-refractivity contribution in [3.63, 3.8) is 0 Å². The molecule has 1 aromatic rings. The molecule has 1 amide bonds. The molecule has 17 heavy (non-hydrogen) atoms. The Kier molecular flexibility index (Phi) is 5.65. The number of aliphatic hydroxyl groups is 1. The van der Waals surface area contributed by atoms with Crippen molar-refractivity contribution in [3.8, 4) is 0 Å². The molecule has 0 unspecified atom stereocenters. The summed E-state index contributed by atoms with van der Waals surface area (Å²) in [6.07, 6.45) is 3.34. The van der Waals surface area contributed by atoms with E-state index in [0.717, 1.165) is 0 Å². The van der Waals surface area contributed by atoms with Crippen LogP contribution in [0.25, 0.3) is 0 Å². The summed E-state index contributed by atoms with van der Waals surface area (Å²) in [6.45, 7) is 4.33. The highest BCUT2D eigenvalue weighted by molar-refractivity contribution is 5.77. The number of nitrogens with zero attached hydrogens (tertiary/aromatic N) is 2. The fourth-order valence-corrected chi connectivity index (χ4v) is 1.31. The maximum atomic E-state index is 11.8. The van der Waals surface area contributed by atoms with Crippen molar-refractivity contribution in [2.45, 2.75) is 26.5 Å². The summed E-state index contributed by atoms with van der Waals surface area (Å²) in [7, 11) is 0. The number of aromatic amines is 1. The quantitative estimate of drug-likeness (QED) is 0.712. The monoisotopic (exact) mass is 241 g/mol. The van der Waals surface area contributed by atoms with Crippen LogP contribution in [0.4, 0.5) is 0 Å². The molecular weight excluding hydrogens is 222 g/mol. The van der Waals surface area contributed by atoms with Crippen LogP contribution in [0.1, 0.15) is 19.7 Å². The summed E-state index contributed by atoms with van der Waals surface area (Å²) in [5.74, 6) is 0.542. The van der Waals surface area contributed by atoms with E-state index in [1.54, 1.807) is 12.4 Å². The molecule has 0 aliphatic rings. The Balaban J connectivity index is 2.49. The fraction of sp³-hybridized carbons (Fsp3) is 0.636. The Bertz CT molecular complexity index is 325. The maximum Gasteiger partial charge on any atom is 0.249 e. The molecule has 1 heterocycles. The van der Waals surface area contributed by atoms with Crippen molar-refractivity contribution in [3.05, 3.63) is 18.2 Å². The van der Waals surface area contributed by atoms with Gasteiger partial charge in [0.2, 0.25) is 5.91 Å². The minimum Gasteiger partial charge on any atom is -0.395 e. The number of hydrogen-bond acceptors (Lipinski definition) is 4. The molecular formula is C11H19N3O3. The number of imidazole rings is 1. The number of nitrogens with one attached hydrogen (secondary N) is 1. The van der Waals surface area contributed by atoms with Crippen LogP contribution in [0, 0.1) is 0 Å². The SMILES string of the molecule is CC(C)OCC(=O)N(CCO)Cc1ncc[nH]1. The van der Waals surface area contributed by atoms with Gasteiger partial charge < -0.3 is 19.7 Å². The van der Waals surface area contributed by atoms with Crippen LogP contribution in [0.2, 0.25) is 0 Å². The second-order valence-corrected chi connectivity index (χ2v) is 3.93. The summed E-state index contributed by atoms with van der Waals surface area (Å²) < 4.78 is 5.25. The summed E-state index contributed by atoms with van der Waals surface area (Å²) >= 11 is 0. The normalized spacial score (nSPS) is 10.8. The highest BCUT2D eigenvalue weighted by Gasteiger charge is 2.15. The van der Waals surface area contributed by atoms with Gasteiger partial charge in [0, 0.05) is 18.9 Å². The van der Waals surface area contributed by atoms with Gasteiger partial charge in [-0.1, -0.05) is 0 Å². The van der Waals surface area contributed by atoms with Gasteiger partial charge in [-0.05, 0) is 13.8 Å². The third-order valence-electron chi connectivity index (χ3n) is 2.16. The molecule has 0 spiro atoms. The first-order chi connectivity index (χ1) is 8.13. The number of ether oxygens (including phenoxy) is 1. The van der Waals surface area contributed by atoms with E-state index >= 15 is 0 Å². The number of aromatic nitrogens is 2. The Morgan fingerprint density at radius 1 is 1.65 bits per heavy atom. The van der Waals surface area contributed by atoms with Crippen molar-refractivity contribution in [1.29, 1.82) is 0 Å². The van der Waals surface area contributed by atoms with Crippen LogP contribution in [0.5, 0.6) is 0 Å². The largest absolute Gasteiger partial charge is 0.395 e. The van der Waals surface area contributed by atoms with Crippen molar-refractivity contribution in [2.75, 3.05) is 19.8 Å². The van der Waals surface area contributed by atoms with E-state index < -0.39 is 0 Å². The van der Waals surface area contributed by atoms with Crippen LogP contribution in [-0.2, 0) is 16.1 Å². The minimum atomic E-state index is -0.149. The van der Waals surface area contributed by atoms with E-state index in [1.165, 1.54) is 4.90 Å². The molecule has 0 aliphatic heterocycles. The molecule has 1 aromatic heterocycles. The molecule has 0 bridgehead atoms. The standard InChI is InChI=1S/C11H19N3O3/c1-9(2)17-8-11(16)14(5-6-15)7-10-12-3-4-13-10/h3-4,9,15H,5-8H2,1-2H3,(H,12,13). The Labute approximate surface area is 101 Å². The van der Waals surface area contributed by atoms with Gasteiger partial charge in [0.15, 0.2) is 0 Å². The molecule has 0 fully saturated rings. The number of carbonyl (C=O) groups excluding carboxylic acids is 1. The van der Waals surface area contributed by atoms with Gasteiger partial charge in [-0.2, -0.15) is 0 Å². The first kappa shape index (κ1) is 13.7. The number of H-pyrrole nitrogens is 1. The summed E-state index contributed by atoms with van der Waals surface area (Å²) in [5, 5.41) is 8.93. The highest BCUT2D eigenvalue weighted by atomic mass is 16.5. The average molecular weight is 241 g/mol. The minimum absolute atomic E-state index is 0.0125. The van der Waals surface area contributed by atoms with Gasteiger partial charge in [0.25, 0.3) is 0 Å². The molecule has 2 N–H and O–H groups in total. The lowest BCUT2D eigenvalue weighted by Crippen LogP contribution is -2.36. The van der Waals surface area contributed by atoms with Crippen LogP contribution in [0.15, 0.2) is 12.4 Å². The van der Waals surface area contributed by atoms with Crippen LogP contribution < -0.4 is 0 Å². The van der Waals surface area contributed by atoms with E-state index in [9.17, 15) is 4.79 Å². The lowest BCUT2D eigenvalue weighted by molar-refractivity contribution is -0.138. The van der Waals surface area contributed by atoms with Crippen LogP contribution in [0.3, 0.4) is 0 Å². The number of rotatable bonds is 7. The molecule has 1 rings (SSSR count). The molecule has 96 valence electrons. The zero-order chi connectivity index (χ0) is 12.7. The predicted octanol–water partition coefficient (Wildman–Crippen LogP) is 0.156. The summed E-state index contributed by atoms with van der Waals surface area (Å²) in [6, 6.07) is 0. The molecule has 0 radical (unpaired) electrons. The Morgan fingerprint density at radius 2 is 2.41 bits per heavy atom. The smallest absolute Gasteiger partial charge is 0.249 e. The van der Waals surface area contributed by atoms with Gasteiger partial charge in [-0.3, -0.25) is 4.79 Å². The van der Waals surface area contributed by atoms with Gasteiger partial charge in [-0.15, -0.1) is 0 Å². The van der Waals surface area contributed by atoms with E-state index in [2.05, 4.69) is 9.97 Å². The number of amides is 1. The predicted molar refractivity (Wildman–Crippen MR) is 62.2 cm³/mol. The second kappa shape index (κ2) is 7.03. The van der Waals surface area contributed by atoms with Crippen LogP contribution in [-0.4, -0.2) is 51.7 Å². The van der Waals surface area contributed by atoms with Crippen molar-refractivity contribution in [2.24, 2.45) is 0 Å². The molecule has 0 saturated carbocycles. The zero-order valence-electron chi connectivity index (χ0n) is 10.2. The first-order valence-electron chi connectivity index (χ1n) is 5.62. The zero-order valence-corrected chi connectivity index (χ0v) is 10.2. The van der Waals surface area contributed by atoms with Gasteiger partial charge in [0.1, 0.15) is 12.4 Å². The maximum absolute atomic E-state index is 11.8. The van der Waals surface area contributed by atoms with E-state index in [4.69, 9.17) is 9.84 Å². The third-order valence-corrected chi connectivity index (χ3v) is 2.16. The number of carbonyl (C=O) groups is 1. The summed E-state index contributed by atoms with van der Waals surface area (Å²) in [5.41, 5.74) is 0. The molecule has 0 aromatic carbocycles.